The minimum absolute atomic E-state index is 0.139. The molecule has 1 aliphatic heterocycles. The summed E-state index contributed by atoms with van der Waals surface area (Å²) in [5.74, 6) is 0.139. The first kappa shape index (κ1) is 19.2. The largest absolute Gasteiger partial charge is 0.378 e. The van der Waals surface area contributed by atoms with Gasteiger partial charge in [-0.1, -0.05) is 19.1 Å². The number of pyridine rings is 1. The van der Waals surface area contributed by atoms with Crippen LogP contribution < -0.4 is 4.90 Å². The maximum Gasteiger partial charge on any atom is 0.181 e. The van der Waals surface area contributed by atoms with Crippen molar-refractivity contribution in [3.05, 3.63) is 64.0 Å². The molecule has 0 unspecified atom stereocenters. The Morgan fingerprint density at radius 3 is 2.64 bits per heavy atom. The quantitative estimate of drug-likeness (QED) is 0.534. The summed E-state index contributed by atoms with van der Waals surface area (Å²) in [5, 5.41) is 0. The zero-order valence-electron chi connectivity index (χ0n) is 16.0. The molecule has 3 aromatic rings. The molecule has 4 rings (SSSR count). The zero-order chi connectivity index (χ0) is 19.5. The molecule has 0 spiro atoms. The molecular weight excluding hydrogens is 418 g/mol. The summed E-state index contributed by atoms with van der Waals surface area (Å²) < 4.78 is 8.23. The Balaban J connectivity index is 1.47. The monoisotopic (exact) mass is 441 g/mol. The number of Topliss-reactive ketones (excluding diaryl/α,β-unsaturated/α-hetero) is 1. The van der Waals surface area contributed by atoms with E-state index in [0.717, 1.165) is 55.0 Å². The Morgan fingerprint density at radius 2 is 1.93 bits per heavy atom. The third kappa shape index (κ3) is 3.84. The molecule has 1 aromatic carbocycles. The molecule has 28 heavy (non-hydrogen) atoms. The van der Waals surface area contributed by atoms with Crippen LogP contribution in [0.2, 0.25) is 0 Å². The van der Waals surface area contributed by atoms with Gasteiger partial charge in [-0.05, 0) is 58.6 Å². The zero-order valence-corrected chi connectivity index (χ0v) is 17.6. The number of aromatic nitrogens is 2. The van der Waals surface area contributed by atoms with Crippen molar-refractivity contribution in [3.63, 3.8) is 0 Å². The summed E-state index contributed by atoms with van der Waals surface area (Å²) in [4.78, 5) is 20.0. The highest BCUT2D eigenvalue weighted by atomic mass is 79.9. The maximum atomic E-state index is 13.0. The lowest BCUT2D eigenvalue weighted by atomic mass is 10.0. The Hall–Kier alpha value is -2.18. The van der Waals surface area contributed by atoms with Crippen LogP contribution in [0.4, 0.5) is 5.69 Å². The van der Waals surface area contributed by atoms with E-state index in [2.05, 4.69) is 50.1 Å². The van der Waals surface area contributed by atoms with E-state index in [-0.39, 0.29) is 5.78 Å². The molecule has 2 aromatic heterocycles. The van der Waals surface area contributed by atoms with Gasteiger partial charge in [-0.15, -0.1) is 0 Å². The first-order valence-corrected chi connectivity index (χ1v) is 10.6. The first-order chi connectivity index (χ1) is 13.7. The van der Waals surface area contributed by atoms with Crippen molar-refractivity contribution in [2.45, 2.75) is 26.2 Å². The second-order valence-electron chi connectivity index (χ2n) is 7.00. The van der Waals surface area contributed by atoms with E-state index < -0.39 is 0 Å². The normalized spacial score (nSPS) is 14.6. The first-order valence-electron chi connectivity index (χ1n) is 9.77. The predicted octanol–water partition coefficient (Wildman–Crippen LogP) is 4.31. The summed E-state index contributed by atoms with van der Waals surface area (Å²) >= 11 is 3.53. The number of imidazole rings is 1. The van der Waals surface area contributed by atoms with Gasteiger partial charge >= 0.3 is 0 Å². The highest BCUT2D eigenvalue weighted by Gasteiger charge is 2.19. The molecule has 3 heterocycles. The molecule has 1 saturated heterocycles. The van der Waals surface area contributed by atoms with Gasteiger partial charge in [0.1, 0.15) is 5.69 Å². The molecule has 1 fully saturated rings. The van der Waals surface area contributed by atoms with Gasteiger partial charge in [0.05, 0.1) is 23.4 Å². The number of ketones is 1. The molecule has 0 saturated carbocycles. The van der Waals surface area contributed by atoms with Gasteiger partial charge in [-0.2, -0.15) is 0 Å². The van der Waals surface area contributed by atoms with Crippen LogP contribution in [0.5, 0.6) is 0 Å². The van der Waals surface area contributed by atoms with Crippen LogP contribution in [0.1, 0.15) is 35.1 Å². The van der Waals surface area contributed by atoms with Gasteiger partial charge in [0, 0.05) is 31.4 Å². The van der Waals surface area contributed by atoms with Crippen molar-refractivity contribution < 1.29 is 9.53 Å². The van der Waals surface area contributed by atoms with Crippen LogP contribution in [0.25, 0.3) is 5.65 Å². The number of carbonyl (C=O) groups is 1. The van der Waals surface area contributed by atoms with Crippen LogP contribution in [0.3, 0.4) is 0 Å². The van der Waals surface area contributed by atoms with Crippen molar-refractivity contribution in [2.75, 3.05) is 31.2 Å². The van der Waals surface area contributed by atoms with Crippen LogP contribution in [0, 0.1) is 0 Å². The van der Waals surface area contributed by atoms with E-state index in [1.165, 1.54) is 11.3 Å². The summed E-state index contributed by atoms with van der Waals surface area (Å²) in [5.41, 5.74) is 4.78. The number of aryl methyl sites for hydroxylation is 2. The highest BCUT2D eigenvalue weighted by Crippen LogP contribution is 2.23. The molecule has 0 N–H and O–H groups in total. The third-order valence-electron chi connectivity index (χ3n) is 5.23. The van der Waals surface area contributed by atoms with Gasteiger partial charge in [0.25, 0.3) is 0 Å². The number of hydrogen-bond donors (Lipinski definition) is 0. The Bertz CT molecular complexity index is 975. The average molecular weight is 442 g/mol. The molecule has 5 nitrogen and oxygen atoms in total. The standard InChI is InChI=1S/C22H24BrN3O2/c1-2-19-21(26-11-3-4-18(23)22(26)24-19)20(27)10-7-16-5-8-17(9-6-16)25-12-14-28-15-13-25/h3-6,8-9,11H,2,7,10,12-15H2,1H3. The molecule has 0 bridgehead atoms. The van der Waals surface area contributed by atoms with Crippen LogP contribution in [0.15, 0.2) is 47.1 Å². The number of benzene rings is 1. The predicted molar refractivity (Wildman–Crippen MR) is 114 cm³/mol. The molecule has 0 radical (unpaired) electrons. The van der Waals surface area contributed by atoms with Crippen molar-refractivity contribution in [3.8, 4) is 0 Å². The summed E-state index contributed by atoms with van der Waals surface area (Å²) in [6.45, 7) is 5.47. The fourth-order valence-electron chi connectivity index (χ4n) is 3.69. The number of ether oxygens (including phenoxy) is 1. The summed E-state index contributed by atoms with van der Waals surface area (Å²) in [7, 11) is 0. The number of nitrogens with zero attached hydrogens (tertiary/aromatic N) is 3. The lowest BCUT2D eigenvalue weighted by molar-refractivity contribution is 0.0976. The molecule has 1 aliphatic rings. The number of rotatable bonds is 6. The molecular formula is C22H24BrN3O2. The third-order valence-corrected chi connectivity index (χ3v) is 5.85. The fraction of sp³-hybridized carbons (Fsp3) is 0.364. The molecule has 6 heteroatoms. The van der Waals surface area contributed by atoms with Crippen molar-refractivity contribution in [1.82, 2.24) is 9.38 Å². The van der Waals surface area contributed by atoms with Gasteiger partial charge < -0.3 is 9.64 Å². The van der Waals surface area contributed by atoms with Crippen LogP contribution in [-0.4, -0.2) is 41.5 Å². The topological polar surface area (TPSA) is 46.8 Å². The molecule has 146 valence electrons. The second-order valence-corrected chi connectivity index (χ2v) is 7.85. The smallest absolute Gasteiger partial charge is 0.181 e. The van der Waals surface area contributed by atoms with Gasteiger partial charge in [-0.3, -0.25) is 9.20 Å². The maximum absolute atomic E-state index is 13.0. The Labute approximate surface area is 173 Å². The van der Waals surface area contributed by atoms with Crippen molar-refractivity contribution >= 4 is 33.0 Å². The van der Waals surface area contributed by atoms with E-state index in [4.69, 9.17) is 4.74 Å². The minimum Gasteiger partial charge on any atom is -0.378 e. The van der Waals surface area contributed by atoms with Crippen molar-refractivity contribution in [2.24, 2.45) is 0 Å². The van der Waals surface area contributed by atoms with Gasteiger partial charge in [-0.25, -0.2) is 4.98 Å². The molecule has 0 atom stereocenters. The van der Waals surface area contributed by atoms with Crippen molar-refractivity contribution in [1.29, 1.82) is 0 Å². The van der Waals surface area contributed by atoms with Gasteiger partial charge in [0.2, 0.25) is 0 Å². The average Bonchev–Trinajstić information content (AvgIpc) is 3.13. The Kier molecular flexibility index (Phi) is 5.78. The number of anilines is 1. The lowest BCUT2D eigenvalue weighted by Crippen LogP contribution is -2.36. The fourth-order valence-corrected chi connectivity index (χ4v) is 4.13. The van der Waals surface area contributed by atoms with E-state index >= 15 is 0 Å². The lowest BCUT2D eigenvalue weighted by Gasteiger charge is -2.28. The number of morpholine rings is 1. The van der Waals surface area contributed by atoms with E-state index in [1.54, 1.807) is 0 Å². The number of fused-ring (bicyclic) bond motifs is 1. The summed E-state index contributed by atoms with van der Waals surface area (Å²) in [6, 6.07) is 12.4. The van der Waals surface area contributed by atoms with E-state index in [1.807, 2.05) is 29.7 Å². The van der Waals surface area contributed by atoms with E-state index in [0.29, 0.717) is 12.1 Å². The Morgan fingerprint density at radius 1 is 1.18 bits per heavy atom. The summed E-state index contributed by atoms with van der Waals surface area (Å²) in [6.07, 6.45) is 3.86. The number of halogens is 1. The van der Waals surface area contributed by atoms with Gasteiger partial charge in [0.15, 0.2) is 11.4 Å². The van der Waals surface area contributed by atoms with Crippen LogP contribution >= 0.6 is 15.9 Å². The number of carbonyl (C=O) groups excluding carboxylic acids is 1. The second kappa shape index (κ2) is 8.45. The minimum atomic E-state index is 0.139. The molecule has 0 aliphatic carbocycles. The highest BCUT2D eigenvalue weighted by molar-refractivity contribution is 9.10. The van der Waals surface area contributed by atoms with E-state index in [9.17, 15) is 4.79 Å². The number of hydrogen-bond acceptors (Lipinski definition) is 4. The van der Waals surface area contributed by atoms with Crippen LogP contribution in [-0.2, 0) is 17.6 Å². The SMILES string of the molecule is CCc1nc2c(Br)cccn2c1C(=O)CCc1ccc(N2CCOCC2)cc1. The molecule has 0 amide bonds.